The van der Waals surface area contributed by atoms with Gasteiger partial charge in [-0.3, -0.25) is 0 Å². The molecule has 108 valence electrons. The van der Waals surface area contributed by atoms with Gasteiger partial charge in [-0.2, -0.15) is 0 Å². The molecule has 2 aliphatic heterocycles. The van der Waals surface area contributed by atoms with Crippen LogP contribution in [-0.2, 0) is 6.42 Å². The Bertz CT molecular complexity index is 626. The van der Waals surface area contributed by atoms with E-state index in [1.165, 1.54) is 16.7 Å². The van der Waals surface area contributed by atoms with Gasteiger partial charge in [0.1, 0.15) is 5.75 Å². The number of ether oxygens (including phenoxy) is 3. The molecule has 1 unspecified atom stereocenters. The van der Waals surface area contributed by atoms with E-state index in [9.17, 15) is 0 Å². The maximum Gasteiger partial charge on any atom is 0.231 e. The summed E-state index contributed by atoms with van der Waals surface area (Å²) in [5.41, 5.74) is 3.69. The van der Waals surface area contributed by atoms with Crippen LogP contribution in [0.25, 0.3) is 0 Å². The Kier molecular flexibility index (Phi) is 2.97. The average molecular weight is 283 g/mol. The van der Waals surface area contributed by atoms with Crippen molar-refractivity contribution in [2.45, 2.75) is 12.5 Å². The largest absolute Gasteiger partial charge is 0.493 e. The zero-order valence-corrected chi connectivity index (χ0v) is 11.9. The first-order valence-electron chi connectivity index (χ1n) is 7.17. The lowest BCUT2D eigenvalue weighted by molar-refractivity contribution is 0.174. The number of hydrogen-bond acceptors (Lipinski definition) is 4. The second-order valence-corrected chi connectivity index (χ2v) is 5.30. The van der Waals surface area contributed by atoms with Gasteiger partial charge in [-0.15, -0.1) is 0 Å². The number of nitrogens with one attached hydrogen (secondary N) is 1. The highest BCUT2D eigenvalue weighted by atomic mass is 16.7. The minimum absolute atomic E-state index is 0.130. The molecule has 2 heterocycles. The SMILES string of the molecule is CNC(c1ccc2c(c1)CCO2)c1ccc2c(c1)OCO2. The molecular formula is C17H17NO3. The Morgan fingerprint density at radius 2 is 1.67 bits per heavy atom. The average Bonchev–Trinajstić information content (AvgIpc) is 3.15. The Morgan fingerprint density at radius 1 is 0.905 bits per heavy atom. The van der Waals surface area contributed by atoms with E-state index in [1.54, 1.807) is 0 Å². The van der Waals surface area contributed by atoms with Gasteiger partial charge in [0.2, 0.25) is 6.79 Å². The van der Waals surface area contributed by atoms with E-state index in [0.29, 0.717) is 6.79 Å². The van der Waals surface area contributed by atoms with E-state index in [2.05, 4.69) is 29.6 Å². The Balaban J connectivity index is 1.71. The Labute approximate surface area is 123 Å². The van der Waals surface area contributed by atoms with Gasteiger partial charge in [0.25, 0.3) is 0 Å². The summed E-state index contributed by atoms with van der Waals surface area (Å²) in [6.45, 7) is 1.09. The molecule has 4 heteroatoms. The lowest BCUT2D eigenvalue weighted by Gasteiger charge is -2.18. The number of benzene rings is 2. The van der Waals surface area contributed by atoms with Crippen LogP contribution in [0.1, 0.15) is 22.7 Å². The summed E-state index contributed by atoms with van der Waals surface area (Å²) >= 11 is 0. The topological polar surface area (TPSA) is 39.7 Å². The molecule has 0 saturated carbocycles. The van der Waals surface area contributed by atoms with Crippen molar-refractivity contribution >= 4 is 0 Å². The first kappa shape index (κ1) is 12.5. The zero-order chi connectivity index (χ0) is 14.2. The van der Waals surface area contributed by atoms with Crippen LogP contribution >= 0.6 is 0 Å². The third-order valence-corrected chi connectivity index (χ3v) is 4.07. The maximum atomic E-state index is 5.58. The highest BCUT2D eigenvalue weighted by molar-refractivity contribution is 5.48. The highest BCUT2D eigenvalue weighted by Gasteiger charge is 2.20. The van der Waals surface area contributed by atoms with E-state index in [4.69, 9.17) is 14.2 Å². The summed E-state index contributed by atoms with van der Waals surface area (Å²) in [4.78, 5) is 0. The number of rotatable bonds is 3. The van der Waals surface area contributed by atoms with Crippen molar-refractivity contribution in [1.82, 2.24) is 5.32 Å². The molecule has 0 bridgehead atoms. The van der Waals surface area contributed by atoms with Crippen LogP contribution in [0.15, 0.2) is 36.4 Å². The van der Waals surface area contributed by atoms with Crippen molar-refractivity contribution in [2.24, 2.45) is 0 Å². The van der Waals surface area contributed by atoms with Crippen LogP contribution in [0.3, 0.4) is 0 Å². The third-order valence-electron chi connectivity index (χ3n) is 4.07. The molecule has 2 aromatic carbocycles. The van der Waals surface area contributed by atoms with Crippen LogP contribution in [-0.4, -0.2) is 20.4 Å². The maximum absolute atomic E-state index is 5.58. The molecule has 4 rings (SSSR count). The first-order valence-corrected chi connectivity index (χ1v) is 7.17. The van der Waals surface area contributed by atoms with Crippen molar-refractivity contribution in [1.29, 1.82) is 0 Å². The monoisotopic (exact) mass is 283 g/mol. The van der Waals surface area contributed by atoms with Crippen LogP contribution < -0.4 is 19.5 Å². The molecule has 2 aliphatic rings. The van der Waals surface area contributed by atoms with Crippen molar-refractivity contribution in [3.63, 3.8) is 0 Å². The Hall–Kier alpha value is -2.20. The standard InChI is InChI=1S/C17H17NO3/c1-18-17(12-2-4-14-11(8-12)6-7-19-14)13-3-5-15-16(9-13)21-10-20-15/h2-5,8-9,17-18H,6-7,10H2,1H3. The van der Waals surface area contributed by atoms with E-state index in [-0.39, 0.29) is 6.04 Å². The predicted octanol–water partition coefficient (Wildman–Crippen LogP) is 2.66. The van der Waals surface area contributed by atoms with Crippen LogP contribution in [0, 0.1) is 0 Å². The number of fused-ring (bicyclic) bond motifs is 2. The smallest absolute Gasteiger partial charge is 0.231 e. The van der Waals surface area contributed by atoms with Gasteiger partial charge in [0.05, 0.1) is 12.6 Å². The molecule has 0 aliphatic carbocycles. The molecule has 4 nitrogen and oxygen atoms in total. The van der Waals surface area contributed by atoms with Crippen LogP contribution in [0.2, 0.25) is 0 Å². The quantitative estimate of drug-likeness (QED) is 0.940. The first-order chi connectivity index (χ1) is 10.3. The molecule has 0 saturated heterocycles. The van der Waals surface area contributed by atoms with Crippen LogP contribution in [0.4, 0.5) is 0 Å². The van der Waals surface area contributed by atoms with Gasteiger partial charge in [0, 0.05) is 6.42 Å². The fourth-order valence-corrected chi connectivity index (χ4v) is 3.00. The van der Waals surface area contributed by atoms with Crippen molar-refractivity contribution in [3.8, 4) is 17.2 Å². The van der Waals surface area contributed by atoms with Gasteiger partial charge in [0.15, 0.2) is 11.5 Å². The van der Waals surface area contributed by atoms with Crippen molar-refractivity contribution < 1.29 is 14.2 Å². The van der Waals surface area contributed by atoms with Crippen molar-refractivity contribution in [3.05, 3.63) is 53.1 Å². The summed E-state index contributed by atoms with van der Waals surface area (Å²) in [5.74, 6) is 2.65. The van der Waals surface area contributed by atoms with Gasteiger partial charge < -0.3 is 19.5 Å². The molecule has 0 fully saturated rings. The molecule has 0 spiro atoms. The van der Waals surface area contributed by atoms with E-state index >= 15 is 0 Å². The second kappa shape index (κ2) is 4.97. The van der Waals surface area contributed by atoms with Crippen molar-refractivity contribution in [2.75, 3.05) is 20.4 Å². The minimum atomic E-state index is 0.130. The Morgan fingerprint density at radius 3 is 2.52 bits per heavy atom. The molecule has 0 aromatic heterocycles. The summed E-state index contributed by atoms with van der Waals surface area (Å²) in [5, 5.41) is 3.38. The summed E-state index contributed by atoms with van der Waals surface area (Å²) in [6.07, 6.45) is 0.987. The van der Waals surface area contributed by atoms with Gasteiger partial charge >= 0.3 is 0 Å². The molecule has 0 radical (unpaired) electrons. The normalized spacial score (nSPS) is 16.4. The zero-order valence-electron chi connectivity index (χ0n) is 11.9. The fraction of sp³-hybridized carbons (Fsp3) is 0.294. The lowest BCUT2D eigenvalue weighted by atomic mass is 9.96. The molecule has 21 heavy (non-hydrogen) atoms. The van der Waals surface area contributed by atoms with Gasteiger partial charge in [-0.05, 0) is 41.9 Å². The second-order valence-electron chi connectivity index (χ2n) is 5.30. The molecule has 1 atom stereocenters. The predicted molar refractivity (Wildman–Crippen MR) is 79.1 cm³/mol. The van der Waals surface area contributed by atoms with Crippen LogP contribution in [0.5, 0.6) is 17.2 Å². The molecule has 2 aromatic rings. The van der Waals surface area contributed by atoms with E-state index < -0.39 is 0 Å². The summed E-state index contributed by atoms with van der Waals surface area (Å²) in [6, 6.07) is 12.6. The highest BCUT2D eigenvalue weighted by Crippen LogP contribution is 2.36. The summed E-state index contributed by atoms with van der Waals surface area (Å²) < 4.78 is 16.4. The molecular weight excluding hydrogens is 266 g/mol. The minimum Gasteiger partial charge on any atom is -0.493 e. The summed E-state index contributed by atoms with van der Waals surface area (Å²) in [7, 11) is 1.97. The van der Waals surface area contributed by atoms with Gasteiger partial charge in [-0.25, -0.2) is 0 Å². The fourth-order valence-electron chi connectivity index (χ4n) is 3.00. The van der Waals surface area contributed by atoms with Gasteiger partial charge in [-0.1, -0.05) is 18.2 Å². The number of hydrogen-bond donors (Lipinski definition) is 1. The lowest BCUT2D eigenvalue weighted by Crippen LogP contribution is -2.17. The van der Waals surface area contributed by atoms with E-state index in [1.807, 2.05) is 19.2 Å². The molecule has 1 N–H and O–H groups in total. The third kappa shape index (κ3) is 2.12. The van der Waals surface area contributed by atoms with E-state index in [0.717, 1.165) is 30.3 Å². The molecule has 0 amide bonds.